The maximum atomic E-state index is 15.1. The third-order valence-corrected chi connectivity index (χ3v) is 6.98. The van der Waals surface area contributed by atoms with Gasteiger partial charge in [-0.3, -0.25) is 14.4 Å². The average molecular weight is 529 g/mol. The topological polar surface area (TPSA) is 104 Å². The van der Waals surface area contributed by atoms with Crippen LogP contribution in [0.3, 0.4) is 0 Å². The van der Waals surface area contributed by atoms with Crippen LogP contribution in [0.1, 0.15) is 22.8 Å². The number of fused-ring (bicyclic) bond motifs is 1. The summed E-state index contributed by atoms with van der Waals surface area (Å²) >= 11 is 0. The fourth-order valence-electron chi connectivity index (χ4n) is 4.90. The molecule has 0 unspecified atom stereocenters. The second-order valence-corrected chi connectivity index (χ2v) is 9.51. The van der Waals surface area contributed by atoms with Crippen molar-refractivity contribution < 1.29 is 19.1 Å². The molecule has 3 N–H and O–H groups in total. The van der Waals surface area contributed by atoms with Crippen molar-refractivity contribution in [3.05, 3.63) is 94.0 Å². The van der Waals surface area contributed by atoms with E-state index in [2.05, 4.69) is 10.6 Å². The number of carbonyl (C=O) groups excluding carboxylic acids is 1. The molecule has 200 valence electrons. The summed E-state index contributed by atoms with van der Waals surface area (Å²) < 4.78 is 16.9. The zero-order valence-corrected chi connectivity index (χ0v) is 21.5. The number of carbonyl (C=O) groups is 2. The molecule has 1 amide bonds. The quantitative estimate of drug-likeness (QED) is 0.334. The number of carboxylic acids is 1. The molecule has 0 saturated carbocycles. The normalized spacial score (nSPS) is 13.4. The molecule has 0 radical (unpaired) electrons. The zero-order chi connectivity index (χ0) is 27.5. The van der Waals surface area contributed by atoms with Gasteiger partial charge in [0, 0.05) is 50.0 Å². The van der Waals surface area contributed by atoms with Crippen molar-refractivity contribution in [1.29, 1.82) is 0 Å². The highest BCUT2D eigenvalue weighted by Gasteiger charge is 2.20. The van der Waals surface area contributed by atoms with Crippen LogP contribution in [-0.2, 0) is 17.8 Å². The van der Waals surface area contributed by atoms with Gasteiger partial charge in [0.2, 0.25) is 5.43 Å². The molecular formula is C30H29FN4O4. The standard InChI is InChI=1S/C30H29FN4O4/c1-2-34-18-24(29(38)23-16-25(31)27(17-26(23)34)35-13-11-32-12-14-35)30(39)33-22-9-7-21(8-10-22)20-5-3-19(4-6-20)15-28(36)37/h3-10,16-18,32H,2,11-15H2,1H3,(H,33,39)(H,36,37). The van der Waals surface area contributed by atoms with Crippen LogP contribution < -0.4 is 21.0 Å². The molecule has 9 heteroatoms. The maximum Gasteiger partial charge on any atom is 0.307 e. The molecule has 1 saturated heterocycles. The fraction of sp³-hybridized carbons (Fsp3) is 0.233. The van der Waals surface area contributed by atoms with Crippen LogP contribution in [0.25, 0.3) is 22.0 Å². The van der Waals surface area contributed by atoms with Gasteiger partial charge < -0.3 is 25.2 Å². The van der Waals surface area contributed by atoms with Gasteiger partial charge in [0.05, 0.1) is 17.6 Å². The molecule has 0 atom stereocenters. The van der Waals surface area contributed by atoms with E-state index in [1.165, 1.54) is 12.3 Å². The van der Waals surface area contributed by atoms with Gasteiger partial charge in [0.15, 0.2) is 0 Å². The second-order valence-electron chi connectivity index (χ2n) is 9.51. The molecule has 5 rings (SSSR count). The number of aliphatic carboxylic acids is 1. The minimum Gasteiger partial charge on any atom is -0.481 e. The molecule has 0 spiro atoms. The summed E-state index contributed by atoms with van der Waals surface area (Å²) in [5, 5.41) is 15.1. The number of halogens is 1. The van der Waals surface area contributed by atoms with Gasteiger partial charge in [-0.15, -0.1) is 0 Å². The van der Waals surface area contributed by atoms with E-state index >= 15 is 4.39 Å². The second kappa shape index (κ2) is 11.1. The molecule has 2 heterocycles. The van der Waals surface area contributed by atoms with Gasteiger partial charge >= 0.3 is 5.97 Å². The Morgan fingerprint density at radius 1 is 1.00 bits per heavy atom. The van der Waals surface area contributed by atoms with Gasteiger partial charge in [0.1, 0.15) is 11.4 Å². The number of aromatic nitrogens is 1. The Balaban J connectivity index is 1.39. The Bertz CT molecular complexity index is 1590. The van der Waals surface area contributed by atoms with Crippen molar-refractivity contribution in [1.82, 2.24) is 9.88 Å². The molecule has 3 aromatic carbocycles. The zero-order valence-electron chi connectivity index (χ0n) is 21.5. The summed E-state index contributed by atoms with van der Waals surface area (Å²) in [6.07, 6.45) is 1.50. The first-order valence-corrected chi connectivity index (χ1v) is 12.9. The Morgan fingerprint density at radius 3 is 2.26 bits per heavy atom. The Kier molecular flexibility index (Phi) is 7.42. The number of anilines is 2. The number of carboxylic acid groups (broad SMARTS) is 1. The Labute approximate surface area is 224 Å². The van der Waals surface area contributed by atoms with E-state index in [0.717, 1.165) is 24.2 Å². The van der Waals surface area contributed by atoms with Crippen molar-refractivity contribution in [2.45, 2.75) is 19.9 Å². The van der Waals surface area contributed by atoms with Crippen LogP contribution in [0.4, 0.5) is 15.8 Å². The predicted octanol–water partition coefficient (Wildman–Crippen LogP) is 4.12. The van der Waals surface area contributed by atoms with E-state index < -0.39 is 23.1 Å². The fourth-order valence-corrected chi connectivity index (χ4v) is 4.90. The summed E-state index contributed by atoms with van der Waals surface area (Å²) in [7, 11) is 0. The van der Waals surface area contributed by atoms with Crippen LogP contribution in [0.15, 0.2) is 71.7 Å². The molecule has 1 fully saturated rings. The lowest BCUT2D eigenvalue weighted by Crippen LogP contribution is -2.43. The van der Waals surface area contributed by atoms with Crippen molar-refractivity contribution in [2.24, 2.45) is 0 Å². The lowest BCUT2D eigenvalue weighted by molar-refractivity contribution is -0.136. The smallest absolute Gasteiger partial charge is 0.307 e. The van der Waals surface area contributed by atoms with Crippen LogP contribution in [0.2, 0.25) is 0 Å². The van der Waals surface area contributed by atoms with Crippen LogP contribution in [-0.4, -0.2) is 47.7 Å². The summed E-state index contributed by atoms with van der Waals surface area (Å²) in [5.74, 6) is -1.93. The molecule has 0 bridgehead atoms. The van der Waals surface area contributed by atoms with Crippen molar-refractivity contribution in [2.75, 3.05) is 36.4 Å². The summed E-state index contributed by atoms with van der Waals surface area (Å²) in [5.41, 5.74) is 3.49. The van der Waals surface area contributed by atoms with Gasteiger partial charge in [0.25, 0.3) is 5.91 Å². The van der Waals surface area contributed by atoms with Gasteiger partial charge in [-0.05, 0) is 47.9 Å². The summed E-state index contributed by atoms with van der Waals surface area (Å²) in [6, 6.07) is 17.3. The number of hydrogen-bond acceptors (Lipinski definition) is 5. The number of piperazine rings is 1. The van der Waals surface area contributed by atoms with Crippen LogP contribution >= 0.6 is 0 Å². The lowest BCUT2D eigenvalue weighted by Gasteiger charge is -2.30. The predicted molar refractivity (Wildman–Crippen MR) is 150 cm³/mol. The highest BCUT2D eigenvalue weighted by Crippen LogP contribution is 2.26. The van der Waals surface area contributed by atoms with Gasteiger partial charge in [-0.1, -0.05) is 36.4 Å². The summed E-state index contributed by atoms with van der Waals surface area (Å²) in [6.45, 7) is 5.28. The number of hydrogen-bond donors (Lipinski definition) is 3. The Morgan fingerprint density at radius 2 is 1.64 bits per heavy atom. The van der Waals surface area contributed by atoms with Crippen molar-refractivity contribution >= 4 is 34.2 Å². The number of nitrogens with one attached hydrogen (secondary N) is 2. The van der Waals surface area contributed by atoms with Gasteiger partial charge in [-0.25, -0.2) is 4.39 Å². The Hall–Kier alpha value is -4.50. The number of aryl methyl sites for hydroxylation is 1. The number of pyridine rings is 1. The molecule has 8 nitrogen and oxygen atoms in total. The molecule has 0 aliphatic carbocycles. The third kappa shape index (κ3) is 5.53. The van der Waals surface area contributed by atoms with Gasteiger partial charge in [-0.2, -0.15) is 0 Å². The molecule has 4 aromatic rings. The molecule has 39 heavy (non-hydrogen) atoms. The molecule has 1 aromatic heterocycles. The number of rotatable bonds is 7. The largest absolute Gasteiger partial charge is 0.481 e. The van der Waals surface area contributed by atoms with Crippen molar-refractivity contribution in [3.63, 3.8) is 0 Å². The SMILES string of the molecule is CCn1cc(C(=O)Nc2ccc(-c3ccc(CC(=O)O)cc3)cc2)c(=O)c2cc(F)c(N3CCNCC3)cc21. The first-order valence-electron chi connectivity index (χ1n) is 12.9. The first kappa shape index (κ1) is 26.1. The van der Waals surface area contributed by atoms with E-state index in [0.29, 0.717) is 42.1 Å². The molecule has 1 aliphatic rings. The number of amides is 1. The maximum absolute atomic E-state index is 15.1. The van der Waals surface area contributed by atoms with E-state index in [4.69, 9.17) is 5.11 Å². The van der Waals surface area contributed by atoms with E-state index in [1.54, 1.807) is 34.9 Å². The summed E-state index contributed by atoms with van der Waals surface area (Å²) in [4.78, 5) is 39.3. The van der Waals surface area contributed by atoms with Crippen LogP contribution in [0.5, 0.6) is 0 Å². The van der Waals surface area contributed by atoms with Crippen molar-refractivity contribution in [3.8, 4) is 11.1 Å². The van der Waals surface area contributed by atoms with E-state index in [9.17, 15) is 14.4 Å². The first-order chi connectivity index (χ1) is 18.8. The van der Waals surface area contributed by atoms with E-state index in [-0.39, 0.29) is 17.4 Å². The minimum absolute atomic E-state index is 0.0380. The number of benzene rings is 3. The highest BCUT2D eigenvalue weighted by atomic mass is 19.1. The molecule has 1 aliphatic heterocycles. The monoisotopic (exact) mass is 528 g/mol. The number of nitrogens with zero attached hydrogens (tertiary/aromatic N) is 2. The lowest BCUT2D eigenvalue weighted by atomic mass is 10.0. The highest BCUT2D eigenvalue weighted by molar-refractivity contribution is 6.06. The minimum atomic E-state index is -0.884. The third-order valence-electron chi connectivity index (χ3n) is 6.98. The molecular weight excluding hydrogens is 499 g/mol. The average Bonchev–Trinajstić information content (AvgIpc) is 2.94. The van der Waals surface area contributed by atoms with E-state index in [1.807, 2.05) is 36.1 Å². The van der Waals surface area contributed by atoms with Crippen LogP contribution in [0, 0.1) is 5.82 Å².